The number of amides is 2. The number of urea groups is 1. The molecular formula is C14H14N6OS. The van der Waals surface area contributed by atoms with Gasteiger partial charge < -0.3 is 10.3 Å². The molecule has 1 aromatic carbocycles. The van der Waals surface area contributed by atoms with Crippen molar-refractivity contribution in [3.8, 4) is 0 Å². The van der Waals surface area contributed by atoms with E-state index in [0.29, 0.717) is 18.1 Å². The molecule has 0 aliphatic rings. The summed E-state index contributed by atoms with van der Waals surface area (Å²) in [5.74, 6) is 0. The highest BCUT2D eigenvalue weighted by molar-refractivity contribution is 7.97. The minimum Gasteiger partial charge on any atom is -0.337 e. The molecule has 0 bridgehead atoms. The van der Waals surface area contributed by atoms with Crippen LogP contribution in [0.25, 0.3) is 11.0 Å². The molecule has 7 nitrogen and oxygen atoms in total. The molecule has 0 aliphatic heterocycles. The Hall–Kier alpha value is -2.61. The van der Waals surface area contributed by atoms with E-state index < -0.39 is 0 Å². The maximum Gasteiger partial charge on any atom is 0.325 e. The summed E-state index contributed by atoms with van der Waals surface area (Å²) < 4.78 is 2.68. The van der Waals surface area contributed by atoms with Crippen LogP contribution < -0.4 is 10.0 Å². The van der Waals surface area contributed by atoms with Crippen molar-refractivity contribution < 1.29 is 4.79 Å². The topological polar surface area (TPSA) is 95.6 Å². The molecule has 3 rings (SSSR count). The fraction of sp³-hybridized carbons (Fsp3) is 0.143. The number of hydrogen-bond donors (Lipinski definition) is 3. The van der Waals surface area contributed by atoms with Crippen molar-refractivity contribution in [2.75, 3.05) is 6.54 Å². The van der Waals surface area contributed by atoms with E-state index in [0.717, 1.165) is 28.7 Å². The number of rotatable bonds is 5. The summed E-state index contributed by atoms with van der Waals surface area (Å²) in [6, 6.07) is 7.44. The number of para-hydroxylation sites is 2. The van der Waals surface area contributed by atoms with E-state index in [2.05, 4.69) is 30.0 Å². The SMILES string of the molecule is O=C(NCCc1cnccn1)NSc1nc2ccccc2[nH]1. The van der Waals surface area contributed by atoms with Crippen LogP contribution in [-0.2, 0) is 6.42 Å². The Kier molecular flexibility index (Phi) is 4.50. The van der Waals surface area contributed by atoms with Gasteiger partial charge in [-0.3, -0.25) is 14.7 Å². The molecule has 0 saturated carbocycles. The van der Waals surface area contributed by atoms with Crippen molar-refractivity contribution in [3.63, 3.8) is 0 Å². The highest BCUT2D eigenvalue weighted by Gasteiger charge is 2.05. The number of benzene rings is 1. The summed E-state index contributed by atoms with van der Waals surface area (Å²) in [5.41, 5.74) is 2.65. The van der Waals surface area contributed by atoms with Gasteiger partial charge in [0.25, 0.3) is 0 Å². The van der Waals surface area contributed by atoms with E-state index in [4.69, 9.17) is 0 Å². The predicted octanol–water partition coefficient (Wildman–Crippen LogP) is 1.90. The smallest absolute Gasteiger partial charge is 0.325 e. The molecule has 3 N–H and O–H groups in total. The van der Waals surface area contributed by atoms with Gasteiger partial charge in [0.1, 0.15) is 0 Å². The highest BCUT2D eigenvalue weighted by atomic mass is 32.2. The molecule has 0 saturated heterocycles. The number of nitrogens with zero attached hydrogens (tertiary/aromatic N) is 3. The molecule has 8 heteroatoms. The minimum absolute atomic E-state index is 0.269. The largest absolute Gasteiger partial charge is 0.337 e. The third-order valence-corrected chi connectivity index (χ3v) is 3.57. The van der Waals surface area contributed by atoms with Gasteiger partial charge in [0.15, 0.2) is 5.16 Å². The summed E-state index contributed by atoms with van der Waals surface area (Å²) in [7, 11) is 0. The van der Waals surface area contributed by atoms with Crippen molar-refractivity contribution in [1.82, 2.24) is 30.0 Å². The Bertz CT molecular complexity index is 727. The average molecular weight is 314 g/mol. The number of nitrogens with one attached hydrogen (secondary N) is 3. The van der Waals surface area contributed by atoms with Gasteiger partial charge in [0.2, 0.25) is 0 Å². The summed E-state index contributed by atoms with van der Waals surface area (Å²) in [6.45, 7) is 0.491. The second kappa shape index (κ2) is 6.90. The molecule has 0 aliphatic carbocycles. The summed E-state index contributed by atoms with van der Waals surface area (Å²) in [5, 5.41) is 3.40. The molecule has 3 aromatic rings. The lowest BCUT2D eigenvalue weighted by Crippen LogP contribution is -2.32. The van der Waals surface area contributed by atoms with Crippen molar-refractivity contribution in [2.45, 2.75) is 11.6 Å². The predicted molar refractivity (Wildman–Crippen MR) is 84.2 cm³/mol. The first-order chi connectivity index (χ1) is 10.8. The van der Waals surface area contributed by atoms with Crippen LogP contribution >= 0.6 is 11.9 Å². The van der Waals surface area contributed by atoms with Crippen LogP contribution in [0.1, 0.15) is 5.69 Å². The maximum absolute atomic E-state index is 11.7. The Labute approximate surface area is 131 Å². The molecule has 112 valence electrons. The number of H-pyrrole nitrogens is 1. The van der Waals surface area contributed by atoms with E-state index in [-0.39, 0.29) is 6.03 Å². The van der Waals surface area contributed by atoms with Crippen LogP contribution in [0.5, 0.6) is 0 Å². The van der Waals surface area contributed by atoms with Gasteiger partial charge >= 0.3 is 6.03 Å². The number of fused-ring (bicyclic) bond motifs is 1. The summed E-state index contributed by atoms with van der Waals surface area (Å²) in [4.78, 5) is 27.3. The number of aromatic amines is 1. The van der Waals surface area contributed by atoms with Crippen molar-refractivity contribution in [1.29, 1.82) is 0 Å². The molecule has 0 spiro atoms. The second-order valence-electron chi connectivity index (χ2n) is 4.47. The summed E-state index contributed by atoms with van der Waals surface area (Å²) >= 11 is 1.14. The number of carbonyl (C=O) groups is 1. The molecule has 0 radical (unpaired) electrons. The Morgan fingerprint density at radius 1 is 1.27 bits per heavy atom. The van der Waals surface area contributed by atoms with Gasteiger partial charge in [-0.15, -0.1) is 0 Å². The lowest BCUT2D eigenvalue weighted by molar-refractivity contribution is 0.246. The number of hydrogen-bond acceptors (Lipinski definition) is 5. The fourth-order valence-corrected chi connectivity index (χ4v) is 2.44. The Balaban J connectivity index is 1.44. The fourth-order valence-electron chi connectivity index (χ4n) is 1.87. The minimum atomic E-state index is -0.269. The normalized spacial score (nSPS) is 10.5. The molecular weight excluding hydrogens is 300 g/mol. The van der Waals surface area contributed by atoms with Gasteiger partial charge in [-0.1, -0.05) is 12.1 Å². The number of imidazole rings is 1. The quantitative estimate of drug-likeness (QED) is 0.625. The third kappa shape index (κ3) is 3.73. The first kappa shape index (κ1) is 14.3. The molecule has 0 fully saturated rings. The lowest BCUT2D eigenvalue weighted by Gasteiger charge is -2.04. The molecule has 2 heterocycles. The van der Waals surface area contributed by atoms with Crippen molar-refractivity contribution in [2.24, 2.45) is 0 Å². The van der Waals surface area contributed by atoms with Crippen molar-refractivity contribution >= 4 is 29.0 Å². The molecule has 22 heavy (non-hydrogen) atoms. The Morgan fingerprint density at radius 2 is 2.18 bits per heavy atom. The number of carbonyl (C=O) groups excluding carboxylic acids is 1. The van der Waals surface area contributed by atoms with Crippen LogP contribution in [0.2, 0.25) is 0 Å². The van der Waals surface area contributed by atoms with E-state index in [9.17, 15) is 4.79 Å². The zero-order chi connectivity index (χ0) is 15.2. The van der Waals surface area contributed by atoms with Gasteiger partial charge in [-0.05, 0) is 12.1 Å². The van der Waals surface area contributed by atoms with E-state index in [1.165, 1.54) is 0 Å². The zero-order valence-electron chi connectivity index (χ0n) is 11.6. The first-order valence-electron chi connectivity index (χ1n) is 6.71. The first-order valence-corrected chi connectivity index (χ1v) is 7.53. The highest BCUT2D eigenvalue weighted by Crippen LogP contribution is 2.16. The van der Waals surface area contributed by atoms with Crippen LogP contribution in [0.15, 0.2) is 48.0 Å². The molecule has 0 atom stereocenters. The van der Waals surface area contributed by atoms with Crippen LogP contribution in [-0.4, -0.2) is 32.5 Å². The second-order valence-corrected chi connectivity index (χ2v) is 5.26. The van der Waals surface area contributed by atoms with Gasteiger partial charge in [0, 0.05) is 43.5 Å². The van der Waals surface area contributed by atoms with E-state index >= 15 is 0 Å². The molecule has 2 amide bonds. The monoisotopic (exact) mass is 314 g/mol. The molecule has 2 aromatic heterocycles. The van der Waals surface area contributed by atoms with E-state index in [1.54, 1.807) is 18.6 Å². The van der Waals surface area contributed by atoms with Crippen LogP contribution in [0.4, 0.5) is 4.79 Å². The van der Waals surface area contributed by atoms with E-state index in [1.807, 2.05) is 24.3 Å². The average Bonchev–Trinajstić information content (AvgIpc) is 2.97. The summed E-state index contributed by atoms with van der Waals surface area (Å²) in [6.07, 6.45) is 5.57. The lowest BCUT2D eigenvalue weighted by atomic mass is 10.3. The van der Waals surface area contributed by atoms with Crippen LogP contribution in [0.3, 0.4) is 0 Å². The maximum atomic E-state index is 11.7. The third-order valence-electron chi connectivity index (χ3n) is 2.89. The number of aromatic nitrogens is 4. The molecule has 0 unspecified atom stereocenters. The van der Waals surface area contributed by atoms with Gasteiger partial charge in [0.05, 0.1) is 16.7 Å². The Morgan fingerprint density at radius 3 is 3.00 bits per heavy atom. The van der Waals surface area contributed by atoms with Crippen LogP contribution in [0, 0.1) is 0 Å². The van der Waals surface area contributed by atoms with Gasteiger partial charge in [-0.25, -0.2) is 9.78 Å². The zero-order valence-corrected chi connectivity index (χ0v) is 12.4. The van der Waals surface area contributed by atoms with Crippen molar-refractivity contribution in [3.05, 3.63) is 48.5 Å². The standard InChI is InChI=1S/C14H14N6OS/c21-13(17-6-5-10-9-15-7-8-16-10)20-22-14-18-11-3-1-2-4-12(11)19-14/h1-4,7-9H,5-6H2,(H,18,19)(H2,17,20,21). The van der Waals surface area contributed by atoms with Gasteiger partial charge in [-0.2, -0.15) is 0 Å².